The summed E-state index contributed by atoms with van der Waals surface area (Å²) in [4.78, 5) is 11.4. The SMILES string of the molecule is COC[C@H]1CCCCC1C(=O)OC. The van der Waals surface area contributed by atoms with Crippen LogP contribution in [0.5, 0.6) is 0 Å². The van der Waals surface area contributed by atoms with Crippen LogP contribution in [0.3, 0.4) is 0 Å². The molecule has 1 unspecified atom stereocenters. The smallest absolute Gasteiger partial charge is 0.309 e. The molecule has 1 aliphatic carbocycles. The standard InChI is InChI=1S/C10H18O3/c1-12-7-8-5-3-4-6-9(8)10(11)13-2/h8-9H,3-7H2,1-2H3/t8-,9?/m1/s1. The summed E-state index contributed by atoms with van der Waals surface area (Å²) in [5, 5.41) is 0. The predicted molar refractivity (Wildman–Crippen MR) is 49.3 cm³/mol. The molecular weight excluding hydrogens is 168 g/mol. The van der Waals surface area contributed by atoms with Crippen LogP contribution in [0, 0.1) is 11.8 Å². The number of methoxy groups -OCH3 is 2. The predicted octanol–water partition coefficient (Wildman–Crippen LogP) is 1.61. The lowest BCUT2D eigenvalue weighted by molar-refractivity contribution is -0.149. The van der Waals surface area contributed by atoms with Crippen LogP contribution in [0.4, 0.5) is 0 Å². The maximum Gasteiger partial charge on any atom is 0.309 e. The second-order valence-corrected chi connectivity index (χ2v) is 3.63. The number of hydrogen-bond donors (Lipinski definition) is 0. The second-order valence-electron chi connectivity index (χ2n) is 3.63. The molecule has 0 aromatic rings. The van der Waals surface area contributed by atoms with E-state index in [1.54, 1.807) is 7.11 Å². The van der Waals surface area contributed by atoms with E-state index in [-0.39, 0.29) is 11.9 Å². The zero-order valence-corrected chi connectivity index (χ0v) is 8.41. The van der Waals surface area contributed by atoms with Crippen LogP contribution >= 0.6 is 0 Å². The molecule has 0 heterocycles. The molecule has 0 saturated heterocycles. The topological polar surface area (TPSA) is 35.5 Å². The van der Waals surface area contributed by atoms with E-state index >= 15 is 0 Å². The molecule has 1 fully saturated rings. The van der Waals surface area contributed by atoms with Gasteiger partial charge in [0.25, 0.3) is 0 Å². The maximum absolute atomic E-state index is 11.4. The van der Waals surface area contributed by atoms with Crippen LogP contribution in [0.25, 0.3) is 0 Å². The lowest BCUT2D eigenvalue weighted by Gasteiger charge is -2.28. The monoisotopic (exact) mass is 186 g/mol. The number of hydrogen-bond acceptors (Lipinski definition) is 3. The van der Waals surface area contributed by atoms with Gasteiger partial charge in [-0.05, 0) is 18.8 Å². The van der Waals surface area contributed by atoms with Gasteiger partial charge >= 0.3 is 5.97 Å². The summed E-state index contributed by atoms with van der Waals surface area (Å²) in [5.74, 6) is 0.367. The Morgan fingerprint density at radius 3 is 2.62 bits per heavy atom. The number of ether oxygens (including phenoxy) is 2. The van der Waals surface area contributed by atoms with Gasteiger partial charge in [0.1, 0.15) is 0 Å². The molecule has 1 rings (SSSR count). The van der Waals surface area contributed by atoms with E-state index in [9.17, 15) is 4.79 Å². The van der Waals surface area contributed by atoms with Crippen molar-refractivity contribution in [3.05, 3.63) is 0 Å². The van der Waals surface area contributed by atoms with Gasteiger partial charge in [0.05, 0.1) is 13.0 Å². The van der Waals surface area contributed by atoms with Crippen LogP contribution in [-0.4, -0.2) is 26.8 Å². The highest BCUT2D eigenvalue weighted by Gasteiger charge is 2.31. The van der Waals surface area contributed by atoms with Crippen LogP contribution in [0.1, 0.15) is 25.7 Å². The first kappa shape index (κ1) is 10.5. The van der Waals surface area contributed by atoms with E-state index in [1.807, 2.05) is 0 Å². The summed E-state index contributed by atoms with van der Waals surface area (Å²) in [7, 11) is 3.14. The number of rotatable bonds is 3. The number of carbonyl (C=O) groups excluding carboxylic acids is 1. The van der Waals surface area contributed by atoms with Gasteiger partial charge in [-0.3, -0.25) is 4.79 Å². The molecule has 0 radical (unpaired) electrons. The molecular formula is C10H18O3. The highest BCUT2D eigenvalue weighted by atomic mass is 16.5. The normalized spacial score (nSPS) is 28.5. The van der Waals surface area contributed by atoms with Crippen molar-refractivity contribution in [3.63, 3.8) is 0 Å². The first-order valence-corrected chi connectivity index (χ1v) is 4.86. The molecule has 0 N–H and O–H groups in total. The van der Waals surface area contributed by atoms with Gasteiger partial charge in [-0.25, -0.2) is 0 Å². The Morgan fingerprint density at radius 1 is 1.31 bits per heavy atom. The van der Waals surface area contributed by atoms with E-state index in [0.29, 0.717) is 12.5 Å². The first-order valence-electron chi connectivity index (χ1n) is 4.86. The van der Waals surface area contributed by atoms with Gasteiger partial charge in [0.2, 0.25) is 0 Å². The van der Waals surface area contributed by atoms with Crippen molar-refractivity contribution >= 4 is 5.97 Å². The Labute approximate surface area is 79.4 Å². The fraction of sp³-hybridized carbons (Fsp3) is 0.900. The minimum absolute atomic E-state index is 0.0678. The quantitative estimate of drug-likeness (QED) is 0.628. The van der Waals surface area contributed by atoms with Crippen molar-refractivity contribution in [1.82, 2.24) is 0 Å². The molecule has 0 bridgehead atoms. The third kappa shape index (κ3) is 2.69. The summed E-state index contributed by atoms with van der Waals surface area (Å²) in [6.45, 7) is 0.680. The molecule has 3 nitrogen and oxygen atoms in total. The third-order valence-electron chi connectivity index (χ3n) is 2.79. The van der Waals surface area contributed by atoms with Crippen LogP contribution in [0.2, 0.25) is 0 Å². The fourth-order valence-electron chi connectivity index (χ4n) is 2.08. The summed E-state index contributed by atoms with van der Waals surface area (Å²) in [6.07, 6.45) is 4.40. The van der Waals surface area contributed by atoms with Crippen molar-refractivity contribution in [2.45, 2.75) is 25.7 Å². The highest BCUT2D eigenvalue weighted by Crippen LogP contribution is 2.30. The summed E-state index contributed by atoms with van der Waals surface area (Å²) < 4.78 is 9.87. The average molecular weight is 186 g/mol. The van der Waals surface area contributed by atoms with Gasteiger partial charge in [-0.2, -0.15) is 0 Å². The van der Waals surface area contributed by atoms with E-state index in [0.717, 1.165) is 19.3 Å². The van der Waals surface area contributed by atoms with Crippen LogP contribution in [0.15, 0.2) is 0 Å². The van der Waals surface area contributed by atoms with Gasteiger partial charge in [0.15, 0.2) is 0 Å². The van der Waals surface area contributed by atoms with E-state index in [2.05, 4.69) is 0 Å². The molecule has 1 saturated carbocycles. The summed E-state index contributed by atoms with van der Waals surface area (Å²) in [6, 6.07) is 0. The van der Waals surface area contributed by atoms with E-state index in [4.69, 9.17) is 9.47 Å². The van der Waals surface area contributed by atoms with E-state index in [1.165, 1.54) is 13.5 Å². The molecule has 2 atom stereocenters. The number of esters is 1. The molecule has 13 heavy (non-hydrogen) atoms. The molecule has 0 aromatic heterocycles. The zero-order chi connectivity index (χ0) is 9.68. The first-order chi connectivity index (χ1) is 6.29. The van der Waals surface area contributed by atoms with Gasteiger partial charge < -0.3 is 9.47 Å². The van der Waals surface area contributed by atoms with Gasteiger partial charge in [-0.1, -0.05) is 12.8 Å². The molecule has 1 aliphatic rings. The van der Waals surface area contributed by atoms with E-state index < -0.39 is 0 Å². The Balaban J connectivity index is 2.50. The van der Waals surface area contributed by atoms with Gasteiger partial charge in [-0.15, -0.1) is 0 Å². The van der Waals surface area contributed by atoms with Crippen molar-refractivity contribution < 1.29 is 14.3 Å². The molecule has 0 aromatic carbocycles. The largest absolute Gasteiger partial charge is 0.469 e. The van der Waals surface area contributed by atoms with Crippen molar-refractivity contribution in [2.75, 3.05) is 20.8 Å². The lowest BCUT2D eigenvalue weighted by atomic mass is 9.80. The summed E-state index contributed by atoms with van der Waals surface area (Å²) in [5.41, 5.74) is 0. The zero-order valence-electron chi connectivity index (χ0n) is 8.41. The van der Waals surface area contributed by atoms with Crippen molar-refractivity contribution in [3.8, 4) is 0 Å². The van der Waals surface area contributed by atoms with Crippen LogP contribution in [-0.2, 0) is 14.3 Å². The maximum atomic E-state index is 11.4. The summed E-state index contributed by atoms with van der Waals surface area (Å²) >= 11 is 0. The molecule has 0 aliphatic heterocycles. The minimum Gasteiger partial charge on any atom is -0.469 e. The van der Waals surface area contributed by atoms with Crippen LogP contribution < -0.4 is 0 Å². The van der Waals surface area contributed by atoms with Gasteiger partial charge in [0, 0.05) is 13.7 Å². The Bertz CT molecular complexity index is 166. The lowest BCUT2D eigenvalue weighted by Crippen LogP contribution is -2.30. The Kier molecular flexibility index (Phi) is 4.22. The molecule has 76 valence electrons. The van der Waals surface area contributed by atoms with Crippen molar-refractivity contribution in [2.24, 2.45) is 11.8 Å². The Hall–Kier alpha value is -0.570. The third-order valence-corrected chi connectivity index (χ3v) is 2.79. The Morgan fingerprint density at radius 2 is 2.00 bits per heavy atom. The average Bonchev–Trinajstić information content (AvgIpc) is 2.18. The molecule has 0 amide bonds. The second kappa shape index (κ2) is 5.22. The van der Waals surface area contributed by atoms with Crippen molar-refractivity contribution in [1.29, 1.82) is 0 Å². The molecule has 3 heteroatoms. The minimum atomic E-state index is -0.0678. The number of carbonyl (C=O) groups is 1. The fourth-order valence-corrected chi connectivity index (χ4v) is 2.08. The highest BCUT2D eigenvalue weighted by molar-refractivity contribution is 5.72. The molecule has 0 spiro atoms.